The molecule has 1 aliphatic rings. The minimum absolute atomic E-state index is 0.0968. The number of aromatic nitrogens is 2. The zero-order chi connectivity index (χ0) is 25.7. The van der Waals surface area contributed by atoms with Crippen molar-refractivity contribution in [2.24, 2.45) is 0 Å². The summed E-state index contributed by atoms with van der Waals surface area (Å²) in [7, 11) is 7.82. The minimum Gasteiger partial charge on any atom is -0.497 e. The molecule has 2 heterocycles. The number of hydrogen-bond acceptors (Lipinski definition) is 9. The lowest BCUT2D eigenvalue weighted by molar-refractivity contribution is 0.0745. The first-order chi connectivity index (χ1) is 17.5. The van der Waals surface area contributed by atoms with Crippen molar-refractivity contribution in [1.29, 1.82) is 0 Å². The van der Waals surface area contributed by atoms with Gasteiger partial charge < -0.3 is 33.5 Å². The molecular formula is C26H30N4O6. The molecule has 2 aromatic carbocycles. The zero-order valence-corrected chi connectivity index (χ0v) is 21.1. The number of hydrogen-bond donors (Lipinski definition) is 0. The Morgan fingerprint density at radius 1 is 0.722 bits per heavy atom. The quantitative estimate of drug-likeness (QED) is 0.468. The van der Waals surface area contributed by atoms with Gasteiger partial charge in [0.15, 0.2) is 17.3 Å². The maximum Gasteiger partial charge on any atom is 0.254 e. The summed E-state index contributed by atoms with van der Waals surface area (Å²) in [6.07, 6.45) is 0. The second-order valence-electron chi connectivity index (χ2n) is 8.04. The van der Waals surface area contributed by atoms with Gasteiger partial charge in [-0.15, -0.1) is 10.2 Å². The molecule has 0 radical (unpaired) electrons. The van der Waals surface area contributed by atoms with Crippen molar-refractivity contribution in [1.82, 2.24) is 15.1 Å². The molecule has 1 saturated heterocycles. The highest BCUT2D eigenvalue weighted by Gasteiger charge is 2.25. The van der Waals surface area contributed by atoms with Crippen LogP contribution in [0.3, 0.4) is 0 Å². The van der Waals surface area contributed by atoms with Gasteiger partial charge in [-0.1, -0.05) is 0 Å². The van der Waals surface area contributed by atoms with Gasteiger partial charge >= 0.3 is 0 Å². The lowest BCUT2D eigenvalue weighted by Gasteiger charge is -2.35. The number of methoxy groups -OCH3 is 5. The smallest absolute Gasteiger partial charge is 0.254 e. The molecular weight excluding hydrogens is 464 g/mol. The van der Waals surface area contributed by atoms with Crippen molar-refractivity contribution in [3.05, 3.63) is 48.0 Å². The Labute approximate surface area is 210 Å². The molecule has 1 aliphatic heterocycles. The van der Waals surface area contributed by atoms with E-state index in [9.17, 15) is 4.79 Å². The predicted molar refractivity (Wildman–Crippen MR) is 135 cm³/mol. The van der Waals surface area contributed by atoms with Crippen molar-refractivity contribution in [3.63, 3.8) is 0 Å². The van der Waals surface area contributed by atoms with Crippen molar-refractivity contribution in [2.75, 3.05) is 66.6 Å². The van der Waals surface area contributed by atoms with E-state index in [1.165, 1.54) is 21.3 Å². The second-order valence-corrected chi connectivity index (χ2v) is 8.04. The van der Waals surface area contributed by atoms with E-state index in [4.69, 9.17) is 23.7 Å². The number of ether oxygens (including phenoxy) is 5. The van der Waals surface area contributed by atoms with Crippen LogP contribution < -0.4 is 28.6 Å². The zero-order valence-electron chi connectivity index (χ0n) is 21.1. The first-order valence-electron chi connectivity index (χ1n) is 11.4. The summed E-state index contributed by atoms with van der Waals surface area (Å²) in [4.78, 5) is 17.1. The summed E-state index contributed by atoms with van der Waals surface area (Å²) in [5.41, 5.74) is 1.97. The van der Waals surface area contributed by atoms with Gasteiger partial charge in [-0.3, -0.25) is 4.79 Å². The first kappa shape index (κ1) is 24.9. The number of benzene rings is 2. The van der Waals surface area contributed by atoms with Gasteiger partial charge in [0.25, 0.3) is 5.91 Å². The van der Waals surface area contributed by atoms with Crippen LogP contribution in [0.4, 0.5) is 5.82 Å². The van der Waals surface area contributed by atoms with Crippen LogP contribution in [0.25, 0.3) is 11.3 Å². The standard InChI is InChI=1S/C26H30N4O6/c1-32-18-6-8-21(33-2)19(16-18)20-7-9-24(28-27-20)29-10-12-30(13-11-29)26(31)17-14-22(34-3)25(36-5)23(15-17)35-4/h6-9,14-16H,10-13H2,1-5H3. The second kappa shape index (κ2) is 11.0. The van der Waals surface area contributed by atoms with Crippen molar-refractivity contribution in [2.45, 2.75) is 0 Å². The van der Waals surface area contributed by atoms with Crippen LogP contribution in [-0.4, -0.2) is 82.7 Å². The Hall–Kier alpha value is -4.21. The van der Waals surface area contributed by atoms with Crippen LogP contribution in [0, 0.1) is 0 Å². The Morgan fingerprint density at radius 3 is 1.92 bits per heavy atom. The van der Waals surface area contributed by atoms with Crippen LogP contribution >= 0.6 is 0 Å². The third kappa shape index (κ3) is 4.93. The Bertz CT molecular complexity index is 1180. The van der Waals surface area contributed by atoms with E-state index < -0.39 is 0 Å². The summed E-state index contributed by atoms with van der Waals surface area (Å²) in [5.74, 6) is 3.40. The van der Waals surface area contributed by atoms with Crippen molar-refractivity contribution < 1.29 is 28.5 Å². The maximum absolute atomic E-state index is 13.2. The average Bonchev–Trinajstić information content (AvgIpc) is 2.95. The van der Waals surface area contributed by atoms with E-state index >= 15 is 0 Å². The van der Waals surface area contributed by atoms with E-state index in [-0.39, 0.29) is 5.91 Å². The molecule has 1 aromatic heterocycles. The van der Waals surface area contributed by atoms with Gasteiger partial charge in [-0.2, -0.15) is 0 Å². The molecule has 1 fully saturated rings. The molecule has 0 N–H and O–H groups in total. The van der Waals surface area contributed by atoms with E-state index in [1.54, 1.807) is 31.3 Å². The van der Waals surface area contributed by atoms with E-state index in [0.717, 1.165) is 11.4 Å². The largest absolute Gasteiger partial charge is 0.497 e. The van der Waals surface area contributed by atoms with Gasteiger partial charge in [0.2, 0.25) is 5.75 Å². The Balaban J connectivity index is 1.45. The summed E-state index contributed by atoms with van der Waals surface area (Å²) < 4.78 is 26.9. The lowest BCUT2D eigenvalue weighted by atomic mass is 10.1. The number of carbonyl (C=O) groups excluding carboxylic acids is 1. The van der Waals surface area contributed by atoms with E-state index in [2.05, 4.69) is 15.1 Å². The fourth-order valence-corrected chi connectivity index (χ4v) is 4.18. The third-order valence-corrected chi connectivity index (χ3v) is 6.14. The van der Waals surface area contributed by atoms with Crippen molar-refractivity contribution in [3.8, 4) is 40.0 Å². The molecule has 0 aliphatic carbocycles. The van der Waals surface area contributed by atoms with Crippen LogP contribution in [0.2, 0.25) is 0 Å². The molecule has 1 amide bonds. The number of piperazine rings is 1. The highest BCUT2D eigenvalue weighted by Crippen LogP contribution is 2.38. The number of carbonyl (C=O) groups is 1. The fourth-order valence-electron chi connectivity index (χ4n) is 4.18. The molecule has 4 rings (SSSR count). The molecule has 190 valence electrons. The predicted octanol–water partition coefficient (Wildman–Crippen LogP) is 3.15. The number of anilines is 1. The summed E-state index contributed by atoms with van der Waals surface area (Å²) in [6, 6.07) is 12.7. The van der Waals surface area contributed by atoms with Crippen LogP contribution in [0.5, 0.6) is 28.7 Å². The monoisotopic (exact) mass is 494 g/mol. The normalized spacial score (nSPS) is 13.2. The topological polar surface area (TPSA) is 95.5 Å². The van der Waals surface area contributed by atoms with Gasteiger partial charge in [0, 0.05) is 37.3 Å². The molecule has 10 heteroatoms. The molecule has 0 unspecified atom stereocenters. The first-order valence-corrected chi connectivity index (χ1v) is 11.4. The lowest BCUT2D eigenvalue weighted by Crippen LogP contribution is -2.49. The number of nitrogens with zero attached hydrogens (tertiary/aromatic N) is 4. The molecule has 36 heavy (non-hydrogen) atoms. The molecule has 0 spiro atoms. The van der Waals surface area contributed by atoms with E-state index in [1.807, 2.05) is 30.3 Å². The van der Waals surface area contributed by atoms with Gasteiger partial charge in [0.1, 0.15) is 11.5 Å². The van der Waals surface area contributed by atoms with E-state index in [0.29, 0.717) is 66.2 Å². The molecule has 0 saturated carbocycles. The average molecular weight is 495 g/mol. The molecule has 0 atom stereocenters. The Kier molecular flexibility index (Phi) is 7.62. The number of amides is 1. The van der Waals surface area contributed by atoms with Gasteiger partial charge in [0.05, 0.1) is 41.2 Å². The molecule has 10 nitrogen and oxygen atoms in total. The molecule has 3 aromatic rings. The highest BCUT2D eigenvalue weighted by molar-refractivity contribution is 5.95. The van der Waals surface area contributed by atoms with Crippen molar-refractivity contribution >= 4 is 11.7 Å². The summed E-state index contributed by atoms with van der Waals surface area (Å²) >= 11 is 0. The van der Waals surface area contributed by atoms with Crippen LogP contribution in [0.1, 0.15) is 10.4 Å². The van der Waals surface area contributed by atoms with Crippen LogP contribution in [0.15, 0.2) is 42.5 Å². The minimum atomic E-state index is -0.0968. The fraction of sp³-hybridized carbons (Fsp3) is 0.346. The maximum atomic E-state index is 13.2. The summed E-state index contributed by atoms with van der Waals surface area (Å²) in [5, 5.41) is 8.85. The van der Waals surface area contributed by atoms with Gasteiger partial charge in [-0.05, 0) is 42.5 Å². The molecule has 0 bridgehead atoms. The SMILES string of the molecule is COc1ccc(OC)c(-c2ccc(N3CCN(C(=O)c4cc(OC)c(OC)c(OC)c4)CC3)nn2)c1. The summed E-state index contributed by atoms with van der Waals surface area (Å²) in [6.45, 7) is 2.35. The highest BCUT2D eigenvalue weighted by atomic mass is 16.5. The van der Waals surface area contributed by atoms with Crippen LogP contribution in [-0.2, 0) is 0 Å². The number of rotatable bonds is 8. The van der Waals surface area contributed by atoms with Gasteiger partial charge in [-0.25, -0.2) is 0 Å². The Morgan fingerprint density at radius 2 is 1.39 bits per heavy atom. The third-order valence-electron chi connectivity index (χ3n) is 6.14.